The molecule has 488 valence electrons. The highest BCUT2D eigenvalue weighted by molar-refractivity contribution is 7.47. The van der Waals surface area contributed by atoms with Crippen molar-refractivity contribution < 1.29 is 42.1 Å². The molecule has 0 fully saturated rings. The van der Waals surface area contributed by atoms with Gasteiger partial charge in [0.2, 0.25) is 0 Å². The van der Waals surface area contributed by atoms with Crippen LogP contribution in [0.5, 0.6) is 0 Å². The maximum Gasteiger partial charge on any atom is 0.472 e. The Balaban J connectivity index is 3.90. The lowest BCUT2D eigenvalue weighted by Crippen LogP contribution is -2.37. The molecule has 0 rings (SSSR count). The summed E-state index contributed by atoms with van der Waals surface area (Å²) in [7, 11) is 1.47. The number of allylic oxidation sites excluding steroid dienone is 14. The largest absolute Gasteiger partial charge is 0.472 e. The van der Waals surface area contributed by atoms with Crippen molar-refractivity contribution in [3.8, 4) is 0 Å². The minimum atomic E-state index is -4.40. The van der Waals surface area contributed by atoms with Gasteiger partial charge in [-0.2, -0.15) is 0 Å². The van der Waals surface area contributed by atoms with Gasteiger partial charge in [0.25, 0.3) is 0 Å². The number of carbonyl (C=O) groups is 2. The van der Waals surface area contributed by atoms with Crippen LogP contribution in [0.3, 0.4) is 0 Å². The number of unbranched alkanes of at least 4 members (excludes halogenated alkanes) is 37. The van der Waals surface area contributed by atoms with Gasteiger partial charge in [-0.1, -0.05) is 304 Å². The highest BCUT2D eigenvalue weighted by Gasteiger charge is 2.27. The van der Waals surface area contributed by atoms with Crippen LogP contribution in [0.15, 0.2) is 85.1 Å². The van der Waals surface area contributed by atoms with Crippen LogP contribution in [0.1, 0.15) is 322 Å². The smallest absolute Gasteiger partial charge is 0.462 e. The van der Waals surface area contributed by atoms with Crippen molar-refractivity contribution in [1.82, 2.24) is 0 Å². The van der Waals surface area contributed by atoms with E-state index in [0.29, 0.717) is 17.4 Å². The quantitative estimate of drug-likeness (QED) is 0.0211. The average Bonchev–Trinajstić information content (AvgIpc) is 3.61. The second-order valence-electron chi connectivity index (χ2n) is 24.9. The van der Waals surface area contributed by atoms with Crippen LogP contribution < -0.4 is 0 Å². The summed E-state index contributed by atoms with van der Waals surface area (Å²) in [6.07, 6.45) is 88.5. The third-order valence-corrected chi connectivity index (χ3v) is 16.4. The lowest BCUT2D eigenvalue weighted by Gasteiger charge is -2.24. The van der Waals surface area contributed by atoms with Crippen molar-refractivity contribution in [2.45, 2.75) is 328 Å². The van der Waals surface area contributed by atoms with Gasteiger partial charge in [-0.05, 0) is 89.9 Å². The van der Waals surface area contributed by atoms with Gasteiger partial charge in [-0.15, -0.1) is 0 Å². The summed E-state index contributed by atoms with van der Waals surface area (Å²) in [6, 6.07) is 0. The van der Waals surface area contributed by atoms with E-state index in [-0.39, 0.29) is 32.0 Å². The van der Waals surface area contributed by atoms with Gasteiger partial charge >= 0.3 is 19.8 Å². The molecule has 2 atom stereocenters. The molecule has 0 heterocycles. The molecule has 0 spiro atoms. The Bertz CT molecular complexity index is 1690. The maximum atomic E-state index is 12.8. The van der Waals surface area contributed by atoms with E-state index in [0.717, 1.165) is 96.3 Å². The van der Waals surface area contributed by atoms with Gasteiger partial charge in [-0.3, -0.25) is 18.6 Å². The zero-order valence-electron chi connectivity index (χ0n) is 55.6. The number of nitrogens with zero attached hydrogens (tertiary/aromatic N) is 1. The summed E-state index contributed by atoms with van der Waals surface area (Å²) in [6.45, 7) is 4.32. The molecule has 0 amide bonds. The Hall–Kier alpha value is -2.81. The number of quaternary nitrogens is 1. The number of hydrogen-bond donors (Lipinski definition) is 1. The number of hydrogen-bond acceptors (Lipinski definition) is 7. The first-order valence-electron chi connectivity index (χ1n) is 35.3. The van der Waals surface area contributed by atoms with Gasteiger partial charge in [0.05, 0.1) is 27.7 Å². The second kappa shape index (κ2) is 64.7. The molecule has 84 heavy (non-hydrogen) atoms. The Morgan fingerprint density at radius 3 is 1.01 bits per heavy atom. The first kappa shape index (κ1) is 81.2. The number of carbonyl (C=O) groups excluding carboxylic acids is 2. The fourth-order valence-corrected chi connectivity index (χ4v) is 10.8. The van der Waals surface area contributed by atoms with Crippen molar-refractivity contribution in [2.75, 3.05) is 47.5 Å². The topological polar surface area (TPSA) is 108 Å². The summed E-state index contributed by atoms with van der Waals surface area (Å²) in [5.74, 6) is -0.805. The molecule has 10 heteroatoms. The minimum Gasteiger partial charge on any atom is -0.462 e. The van der Waals surface area contributed by atoms with Crippen LogP contribution in [0.2, 0.25) is 0 Å². The fourth-order valence-electron chi connectivity index (χ4n) is 10.0. The third kappa shape index (κ3) is 68.3. The molecular weight excluding hydrogens is 1060 g/mol. The molecule has 0 aliphatic heterocycles. The molecule has 1 N–H and O–H groups in total. The summed E-state index contributed by atoms with van der Waals surface area (Å²) in [5.41, 5.74) is 0. The normalized spacial score (nSPS) is 13.6. The number of phosphoric acid groups is 1. The first-order chi connectivity index (χ1) is 41.0. The summed E-state index contributed by atoms with van der Waals surface area (Å²) in [4.78, 5) is 35.8. The molecule has 2 unspecified atom stereocenters. The molecule has 0 radical (unpaired) electrons. The van der Waals surface area contributed by atoms with E-state index in [2.05, 4.69) is 98.9 Å². The number of likely N-dealkylation sites (N-methyl/N-ethyl adjacent to an activating group) is 1. The van der Waals surface area contributed by atoms with E-state index >= 15 is 0 Å². The Morgan fingerprint density at radius 2 is 0.679 bits per heavy atom. The number of rotatable bonds is 65. The third-order valence-electron chi connectivity index (χ3n) is 15.4. The van der Waals surface area contributed by atoms with Crippen LogP contribution >= 0.6 is 7.82 Å². The number of ether oxygens (including phenoxy) is 2. The Kier molecular flexibility index (Phi) is 62.5. The number of phosphoric ester groups is 1. The van der Waals surface area contributed by atoms with E-state index in [1.807, 2.05) is 21.1 Å². The van der Waals surface area contributed by atoms with E-state index in [4.69, 9.17) is 18.5 Å². The summed E-state index contributed by atoms with van der Waals surface area (Å²) >= 11 is 0. The predicted molar refractivity (Wildman–Crippen MR) is 362 cm³/mol. The lowest BCUT2D eigenvalue weighted by molar-refractivity contribution is -0.870. The number of esters is 2. The highest BCUT2D eigenvalue weighted by atomic mass is 31.2. The predicted octanol–water partition coefficient (Wildman–Crippen LogP) is 22.9. The molecule has 0 saturated carbocycles. The zero-order chi connectivity index (χ0) is 61.2. The van der Waals surface area contributed by atoms with E-state index in [9.17, 15) is 19.0 Å². The van der Waals surface area contributed by atoms with Crippen molar-refractivity contribution >= 4 is 19.8 Å². The molecule has 0 aromatic rings. The van der Waals surface area contributed by atoms with Crippen molar-refractivity contribution in [2.24, 2.45) is 0 Å². The van der Waals surface area contributed by atoms with E-state index < -0.39 is 26.5 Å². The van der Waals surface area contributed by atoms with Crippen molar-refractivity contribution in [3.05, 3.63) is 85.1 Å². The zero-order valence-corrected chi connectivity index (χ0v) is 56.5. The highest BCUT2D eigenvalue weighted by Crippen LogP contribution is 2.43. The van der Waals surface area contributed by atoms with Crippen LogP contribution in [-0.4, -0.2) is 74.9 Å². The molecular formula is C74H135NO8P+. The molecule has 0 aliphatic rings. The van der Waals surface area contributed by atoms with Crippen molar-refractivity contribution in [3.63, 3.8) is 0 Å². The Labute approximate surface area is 520 Å². The molecule has 0 aromatic carbocycles. The SMILES string of the molecule is CC/C=C\C/C=C\C/C=C\C/C=C\CCCCCCCCC(=O)OC(COC(=O)CCCCCCCCCCCCCCCCCCCCCCCCCCCC/C=C\C/C=C\C/C=C\CCCCCCC)COP(=O)(O)OCC[N+](C)(C)C. The molecule has 0 bridgehead atoms. The van der Waals surface area contributed by atoms with Gasteiger partial charge in [-0.25, -0.2) is 4.57 Å². The van der Waals surface area contributed by atoms with Crippen molar-refractivity contribution in [1.29, 1.82) is 0 Å². The fraction of sp³-hybridized carbons (Fsp3) is 0.784. The van der Waals surface area contributed by atoms with E-state index in [1.54, 1.807) is 0 Å². The second-order valence-corrected chi connectivity index (χ2v) is 26.3. The van der Waals surface area contributed by atoms with Gasteiger partial charge in [0, 0.05) is 12.8 Å². The van der Waals surface area contributed by atoms with E-state index in [1.165, 1.54) is 193 Å². The standard InChI is InChI=1S/C74H134NO8P/c1-6-8-10-12-14-16-18-20-22-24-26-27-28-29-30-31-32-33-34-35-36-37-38-39-40-41-42-43-44-45-46-47-49-50-52-54-56-58-60-62-64-66-73(76)80-70-72(71-82-84(78,79)81-69-68-75(3,4)5)83-74(77)67-65-63-61-59-57-55-53-51-48-25-23-21-19-17-15-13-11-9-7-2/h9,11,15,17-18,20-21,23-24,26,28-29,48,51,72H,6-8,10,12-14,16,19,22,25,27,30-47,49-50,52-71H2,1-5H3/p+1/b11-9-,17-15-,20-18-,23-21-,26-24-,29-28-,51-48-. The van der Waals surface area contributed by atoms with Gasteiger partial charge < -0.3 is 18.9 Å². The van der Waals surface area contributed by atoms with Crippen LogP contribution in [0.25, 0.3) is 0 Å². The molecule has 9 nitrogen and oxygen atoms in total. The molecule has 0 aliphatic carbocycles. The van der Waals surface area contributed by atoms with Crippen LogP contribution in [-0.2, 0) is 32.7 Å². The monoisotopic (exact) mass is 1200 g/mol. The summed E-state index contributed by atoms with van der Waals surface area (Å²) in [5, 5.41) is 0. The van der Waals surface area contributed by atoms with Crippen LogP contribution in [0, 0.1) is 0 Å². The molecule has 0 aromatic heterocycles. The summed E-state index contributed by atoms with van der Waals surface area (Å²) < 4.78 is 34.6. The minimum absolute atomic E-state index is 0.0270. The Morgan fingerprint density at radius 1 is 0.381 bits per heavy atom. The first-order valence-corrected chi connectivity index (χ1v) is 36.8. The maximum absolute atomic E-state index is 12.8. The average molecular weight is 1200 g/mol. The van der Waals surface area contributed by atoms with Gasteiger partial charge in [0.1, 0.15) is 19.8 Å². The molecule has 0 saturated heterocycles. The lowest BCUT2D eigenvalue weighted by atomic mass is 10.0. The van der Waals surface area contributed by atoms with Gasteiger partial charge in [0.15, 0.2) is 6.10 Å². The van der Waals surface area contributed by atoms with Crippen LogP contribution in [0.4, 0.5) is 0 Å².